The van der Waals surface area contributed by atoms with Crippen molar-refractivity contribution in [1.82, 2.24) is 9.78 Å². The molecule has 1 fully saturated rings. The van der Waals surface area contributed by atoms with Crippen LogP contribution in [0.25, 0.3) is 0 Å². The van der Waals surface area contributed by atoms with Gasteiger partial charge in [0.25, 0.3) is 0 Å². The van der Waals surface area contributed by atoms with E-state index in [0.717, 1.165) is 24.5 Å². The maximum atomic E-state index is 10.6. The lowest BCUT2D eigenvalue weighted by Crippen LogP contribution is -2.28. The molecule has 1 aliphatic carbocycles. The van der Waals surface area contributed by atoms with Gasteiger partial charge in [-0.1, -0.05) is 40.0 Å². The molecule has 3 atom stereocenters. The molecule has 3 unspecified atom stereocenters. The van der Waals surface area contributed by atoms with E-state index < -0.39 is 0 Å². The van der Waals surface area contributed by atoms with Crippen LogP contribution in [0.5, 0.6) is 0 Å². The van der Waals surface area contributed by atoms with Crippen LogP contribution in [0, 0.1) is 11.8 Å². The molecule has 1 heterocycles. The van der Waals surface area contributed by atoms with E-state index in [9.17, 15) is 5.11 Å². The minimum atomic E-state index is -0.218. The van der Waals surface area contributed by atoms with Crippen LogP contribution in [-0.4, -0.2) is 21.0 Å². The van der Waals surface area contributed by atoms with Gasteiger partial charge in [0.2, 0.25) is 0 Å². The van der Waals surface area contributed by atoms with Gasteiger partial charge in [-0.05, 0) is 43.6 Å². The first-order chi connectivity index (χ1) is 10.2. The molecule has 3 nitrogen and oxygen atoms in total. The summed E-state index contributed by atoms with van der Waals surface area (Å²) in [5, 5.41) is 15.2. The molecule has 0 aromatic carbocycles. The van der Waals surface area contributed by atoms with Crippen LogP contribution >= 0.6 is 0 Å². The first-order valence-electron chi connectivity index (χ1n) is 8.89. The number of aromatic nitrogens is 2. The van der Waals surface area contributed by atoms with Crippen molar-refractivity contribution in [2.24, 2.45) is 11.8 Å². The van der Waals surface area contributed by atoms with Crippen molar-refractivity contribution >= 4 is 0 Å². The van der Waals surface area contributed by atoms with E-state index in [-0.39, 0.29) is 6.10 Å². The fourth-order valence-electron chi connectivity index (χ4n) is 3.79. The van der Waals surface area contributed by atoms with Crippen LogP contribution in [0.15, 0.2) is 12.3 Å². The highest BCUT2D eigenvalue weighted by molar-refractivity contribution is 5.02. The number of hydrogen-bond acceptors (Lipinski definition) is 2. The van der Waals surface area contributed by atoms with Crippen molar-refractivity contribution in [3.63, 3.8) is 0 Å². The average molecular weight is 292 g/mol. The molecular formula is C18H32N2O. The summed E-state index contributed by atoms with van der Waals surface area (Å²) in [6.45, 7) is 6.69. The molecule has 3 heteroatoms. The Morgan fingerprint density at radius 2 is 2.05 bits per heavy atom. The molecule has 0 spiro atoms. The third kappa shape index (κ3) is 4.32. The van der Waals surface area contributed by atoms with Crippen LogP contribution in [0.2, 0.25) is 0 Å². The predicted molar refractivity (Wildman–Crippen MR) is 87.3 cm³/mol. The molecular weight excluding hydrogens is 260 g/mol. The summed E-state index contributed by atoms with van der Waals surface area (Å²) in [5.41, 5.74) is 1.05. The Morgan fingerprint density at radius 3 is 2.71 bits per heavy atom. The number of aliphatic hydroxyl groups excluding tert-OH is 1. The minimum absolute atomic E-state index is 0.218. The molecule has 1 N–H and O–H groups in total. The largest absolute Gasteiger partial charge is 0.392 e. The van der Waals surface area contributed by atoms with E-state index in [0.29, 0.717) is 18.4 Å². The zero-order valence-electron chi connectivity index (χ0n) is 14.0. The summed E-state index contributed by atoms with van der Waals surface area (Å²) >= 11 is 0. The molecule has 21 heavy (non-hydrogen) atoms. The van der Waals surface area contributed by atoms with E-state index in [1.54, 1.807) is 0 Å². The topological polar surface area (TPSA) is 38.0 Å². The quantitative estimate of drug-likeness (QED) is 0.810. The Labute approximate surface area is 129 Å². The Hall–Kier alpha value is -0.830. The fourth-order valence-corrected chi connectivity index (χ4v) is 3.79. The summed E-state index contributed by atoms with van der Waals surface area (Å²) in [6, 6.07) is 2.58. The molecule has 0 bridgehead atoms. The maximum absolute atomic E-state index is 10.6. The number of aliphatic hydroxyl groups is 1. The van der Waals surface area contributed by atoms with Crippen LogP contribution in [0.1, 0.15) is 77.5 Å². The van der Waals surface area contributed by atoms with Crippen molar-refractivity contribution < 1.29 is 5.11 Å². The summed E-state index contributed by atoms with van der Waals surface area (Å²) in [7, 11) is 0. The lowest BCUT2D eigenvalue weighted by atomic mass is 9.77. The summed E-state index contributed by atoms with van der Waals surface area (Å²) in [5.74, 6) is 1.29. The first kappa shape index (κ1) is 16.5. The Kier molecular flexibility index (Phi) is 6.28. The lowest BCUT2D eigenvalue weighted by Gasteiger charge is -2.31. The highest BCUT2D eigenvalue weighted by Gasteiger charge is 2.27. The maximum Gasteiger partial charge on any atom is 0.0650 e. The van der Waals surface area contributed by atoms with E-state index >= 15 is 0 Å². The molecule has 0 saturated heterocycles. The molecule has 1 saturated carbocycles. The summed E-state index contributed by atoms with van der Waals surface area (Å²) in [6.07, 6.45) is 11.1. The molecule has 2 rings (SSSR count). The van der Waals surface area contributed by atoms with Gasteiger partial charge in [0, 0.05) is 12.6 Å². The second-order valence-corrected chi connectivity index (χ2v) is 6.73. The third-order valence-electron chi connectivity index (χ3n) is 5.34. The summed E-state index contributed by atoms with van der Waals surface area (Å²) in [4.78, 5) is 0. The molecule has 1 aromatic heterocycles. The van der Waals surface area contributed by atoms with E-state index in [1.165, 1.54) is 32.1 Å². The highest BCUT2D eigenvalue weighted by atomic mass is 16.3. The van der Waals surface area contributed by atoms with Crippen LogP contribution < -0.4 is 0 Å². The van der Waals surface area contributed by atoms with Crippen LogP contribution in [-0.2, 0) is 6.42 Å². The van der Waals surface area contributed by atoms with Crippen LogP contribution in [0.4, 0.5) is 0 Å². The molecule has 0 aliphatic heterocycles. The molecule has 0 amide bonds. The second-order valence-electron chi connectivity index (χ2n) is 6.73. The zero-order chi connectivity index (χ0) is 15.2. The number of hydrogen-bond donors (Lipinski definition) is 1. The fraction of sp³-hybridized carbons (Fsp3) is 0.833. The average Bonchev–Trinajstić information content (AvgIpc) is 2.97. The highest BCUT2D eigenvalue weighted by Crippen LogP contribution is 2.33. The van der Waals surface area contributed by atoms with E-state index in [4.69, 9.17) is 0 Å². The lowest BCUT2D eigenvalue weighted by molar-refractivity contribution is 0.0676. The number of nitrogens with zero attached hydrogens (tertiary/aromatic N) is 2. The molecule has 120 valence electrons. The van der Waals surface area contributed by atoms with E-state index in [2.05, 4.69) is 42.8 Å². The van der Waals surface area contributed by atoms with Crippen molar-refractivity contribution in [3.05, 3.63) is 18.0 Å². The Balaban J connectivity index is 1.91. The normalized spacial score (nSPS) is 24.4. The van der Waals surface area contributed by atoms with Crippen molar-refractivity contribution in [1.29, 1.82) is 0 Å². The van der Waals surface area contributed by atoms with Gasteiger partial charge in [-0.25, -0.2) is 0 Å². The van der Waals surface area contributed by atoms with Crippen molar-refractivity contribution in [2.75, 3.05) is 0 Å². The molecule has 1 aromatic rings. The van der Waals surface area contributed by atoms with Gasteiger partial charge in [0.1, 0.15) is 0 Å². The van der Waals surface area contributed by atoms with Gasteiger partial charge in [-0.15, -0.1) is 0 Å². The van der Waals surface area contributed by atoms with Gasteiger partial charge in [-0.3, -0.25) is 4.68 Å². The van der Waals surface area contributed by atoms with Gasteiger partial charge in [0.05, 0.1) is 17.8 Å². The van der Waals surface area contributed by atoms with Crippen molar-refractivity contribution in [2.45, 2.75) is 84.3 Å². The zero-order valence-corrected chi connectivity index (χ0v) is 14.0. The smallest absolute Gasteiger partial charge is 0.0650 e. The predicted octanol–water partition coefficient (Wildman–Crippen LogP) is 4.36. The molecule has 0 radical (unpaired) electrons. The SMILES string of the molecule is CCC1CCCC(C(O)Cc2ccn(C(CC)CC)n2)C1. The Bertz CT molecular complexity index is 411. The van der Waals surface area contributed by atoms with Gasteiger partial charge >= 0.3 is 0 Å². The van der Waals surface area contributed by atoms with E-state index in [1.807, 2.05) is 0 Å². The minimum Gasteiger partial charge on any atom is -0.392 e. The standard InChI is InChI=1S/C18H32N2O/c1-4-14-8-7-9-15(12-14)18(21)13-16-10-11-20(19-16)17(5-2)6-3/h10-11,14-15,17-18,21H,4-9,12-13H2,1-3H3. The monoisotopic (exact) mass is 292 g/mol. The van der Waals surface area contributed by atoms with Crippen molar-refractivity contribution in [3.8, 4) is 0 Å². The van der Waals surface area contributed by atoms with Gasteiger partial charge in [-0.2, -0.15) is 5.10 Å². The number of rotatable bonds is 7. The second kappa shape index (κ2) is 7.98. The van der Waals surface area contributed by atoms with Gasteiger partial charge < -0.3 is 5.11 Å². The van der Waals surface area contributed by atoms with Gasteiger partial charge in [0.15, 0.2) is 0 Å². The molecule has 1 aliphatic rings. The third-order valence-corrected chi connectivity index (χ3v) is 5.34. The summed E-state index contributed by atoms with van der Waals surface area (Å²) < 4.78 is 2.08. The Morgan fingerprint density at radius 1 is 1.29 bits per heavy atom. The first-order valence-corrected chi connectivity index (χ1v) is 8.89. The van der Waals surface area contributed by atoms with Crippen LogP contribution in [0.3, 0.4) is 0 Å².